The van der Waals surface area contributed by atoms with Crippen molar-refractivity contribution in [1.82, 2.24) is 20.1 Å². The summed E-state index contributed by atoms with van der Waals surface area (Å²) in [5.74, 6) is 1.02. The lowest BCUT2D eigenvalue weighted by Crippen LogP contribution is -2.48. The van der Waals surface area contributed by atoms with E-state index in [9.17, 15) is 4.79 Å². The number of nitrogens with zero attached hydrogens (tertiary/aromatic N) is 3. The Balaban J connectivity index is 1.39. The van der Waals surface area contributed by atoms with Crippen LogP contribution in [0.5, 0.6) is 11.6 Å². The van der Waals surface area contributed by atoms with E-state index in [1.807, 2.05) is 30.3 Å². The molecular formula is C23H27N5O2S. The van der Waals surface area contributed by atoms with Gasteiger partial charge in [-0.3, -0.25) is 4.90 Å². The van der Waals surface area contributed by atoms with Gasteiger partial charge in [0.2, 0.25) is 5.88 Å². The summed E-state index contributed by atoms with van der Waals surface area (Å²) in [4.78, 5) is 23.0. The first-order valence-corrected chi connectivity index (χ1v) is 11.3. The quantitative estimate of drug-likeness (QED) is 0.584. The number of hydrogen-bond acceptors (Lipinski definition) is 6. The van der Waals surface area contributed by atoms with E-state index in [0.717, 1.165) is 26.2 Å². The summed E-state index contributed by atoms with van der Waals surface area (Å²) in [6.07, 6.45) is 1.64. The molecule has 162 valence electrons. The summed E-state index contributed by atoms with van der Waals surface area (Å²) in [6, 6.07) is 17.0. The average Bonchev–Trinajstić information content (AvgIpc) is 3.32. The summed E-state index contributed by atoms with van der Waals surface area (Å²) >= 11 is 1.73. The molecule has 0 spiro atoms. The van der Waals surface area contributed by atoms with Gasteiger partial charge in [0.15, 0.2) is 0 Å². The number of para-hydroxylation sites is 1. The van der Waals surface area contributed by atoms with Crippen molar-refractivity contribution in [2.45, 2.75) is 6.04 Å². The van der Waals surface area contributed by atoms with Crippen molar-refractivity contribution in [3.63, 3.8) is 0 Å². The van der Waals surface area contributed by atoms with Crippen molar-refractivity contribution < 1.29 is 9.53 Å². The van der Waals surface area contributed by atoms with Crippen molar-refractivity contribution in [3.05, 3.63) is 71.1 Å². The minimum atomic E-state index is -0.276. The SMILES string of the molecule is CN1CCN([C@H](CNC(=O)Nc2cccnc2Oc2ccccc2)c2cccs2)CC1. The number of anilines is 1. The zero-order valence-corrected chi connectivity index (χ0v) is 18.3. The molecule has 0 radical (unpaired) electrons. The lowest BCUT2D eigenvalue weighted by Gasteiger charge is -2.37. The molecule has 1 saturated heterocycles. The van der Waals surface area contributed by atoms with E-state index >= 15 is 0 Å². The lowest BCUT2D eigenvalue weighted by atomic mass is 10.1. The number of rotatable bonds is 7. The van der Waals surface area contributed by atoms with Crippen molar-refractivity contribution in [2.24, 2.45) is 0 Å². The topological polar surface area (TPSA) is 69.7 Å². The molecule has 2 amide bonds. The van der Waals surface area contributed by atoms with E-state index in [-0.39, 0.29) is 12.1 Å². The Bertz CT molecular complexity index is 959. The minimum absolute atomic E-state index is 0.161. The van der Waals surface area contributed by atoms with Gasteiger partial charge in [0, 0.05) is 43.8 Å². The summed E-state index contributed by atoms with van der Waals surface area (Å²) in [7, 11) is 2.15. The Morgan fingerprint density at radius 2 is 1.90 bits per heavy atom. The highest BCUT2D eigenvalue weighted by atomic mass is 32.1. The van der Waals surface area contributed by atoms with E-state index in [1.54, 1.807) is 29.7 Å². The van der Waals surface area contributed by atoms with Crippen LogP contribution in [0.1, 0.15) is 10.9 Å². The molecule has 3 aromatic rings. The number of hydrogen-bond donors (Lipinski definition) is 2. The average molecular weight is 438 g/mol. The molecular weight excluding hydrogens is 410 g/mol. The Hall–Kier alpha value is -2.94. The van der Waals surface area contributed by atoms with Crippen LogP contribution in [0.3, 0.4) is 0 Å². The van der Waals surface area contributed by atoms with E-state index in [0.29, 0.717) is 23.9 Å². The second-order valence-corrected chi connectivity index (χ2v) is 8.46. The van der Waals surface area contributed by atoms with E-state index in [2.05, 4.69) is 50.0 Å². The van der Waals surface area contributed by atoms with Crippen LogP contribution < -0.4 is 15.4 Å². The van der Waals surface area contributed by atoms with Gasteiger partial charge in [-0.25, -0.2) is 9.78 Å². The van der Waals surface area contributed by atoms with E-state index < -0.39 is 0 Å². The molecule has 8 heteroatoms. The van der Waals surface area contributed by atoms with Gasteiger partial charge in [-0.15, -0.1) is 11.3 Å². The van der Waals surface area contributed by atoms with Gasteiger partial charge in [0.25, 0.3) is 0 Å². The van der Waals surface area contributed by atoms with Crippen molar-refractivity contribution >= 4 is 23.1 Å². The first-order chi connectivity index (χ1) is 15.2. The Kier molecular flexibility index (Phi) is 7.14. The zero-order chi connectivity index (χ0) is 21.5. The van der Waals surface area contributed by atoms with Gasteiger partial charge in [0.1, 0.15) is 11.4 Å². The highest BCUT2D eigenvalue weighted by Crippen LogP contribution is 2.27. The smallest absolute Gasteiger partial charge is 0.319 e. The number of aromatic nitrogens is 1. The standard InChI is InChI=1S/C23H27N5O2S/c1-27-12-14-28(15-13-27)20(21-10-6-16-31-21)17-25-23(29)26-19-9-5-11-24-22(19)30-18-7-3-2-4-8-18/h2-11,16,20H,12-15,17H2,1H3,(H2,25,26,29)/t20-/m1/s1. The van der Waals surface area contributed by atoms with Gasteiger partial charge in [-0.1, -0.05) is 24.3 Å². The molecule has 1 aliphatic heterocycles. The fraction of sp³-hybridized carbons (Fsp3) is 0.304. The van der Waals surface area contributed by atoms with Crippen LogP contribution in [0.25, 0.3) is 0 Å². The summed E-state index contributed by atoms with van der Waals surface area (Å²) in [5, 5.41) is 8.00. The molecule has 0 saturated carbocycles. The third kappa shape index (κ3) is 5.81. The molecule has 2 N–H and O–H groups in total. The number of carbonyl (C=O) groups excluding carboxylic acids is 1. The maximum absolute atomic E-state index is 12.7. The van der Waals surface area contributed by atoms with Crippen molar-refractivity contribution in [1.29, 1.82) is 0 Å². The fourth-order valence-electron chi connectivity index (χ4n) is 3.55. The largest absolute Gasteiger partial charge is 0.437 e. The zero-order valence-electron chi connectivity index (χ0n) is 17.5. The number of carbonyl (C=O) groups is 1. The number of benzene rings is 1. The number of thiophene rings is 1. The van der Waals surface area contributed by atoms with E-state index in [1.165, 1.54) is 4.88 Å². The normalized spacial score (nSPS) is 15.9. The first-order valence-electron chi connectivity index (χ1n) is 10.4. The van der Waals surface area contributed by atoms with Crippen LogP contribution >= 0.6 is 11.3 Å². The highest BCUT2D eigenvalue weighted by Gasteiger charge is 2.25. The molecule has 4 rings (SSSR count). The highest BCUT2D eigenvalue weighted by molar-refractivity contribution is 7.10. The van der Waals surface area contributed by atoms with Gasteiger partial charge in [-0.2, -0.15) is 0 Å². The van der Waals surface area contributed by atoms with E-state index in [4.69, 9.17) is 4.74 Å². The monoisotopic (exact) mass is 437 g/mol. The number of likely N-dealkylation sites (N-methyl/N-ethyl adjacent to an activating group) is 1. The second-order valence-electron chi connectivity index (χ2n) is 7.48. The third-order valence-corrected chi connectivity index (χ3v) is 6.26. The van der Waals surface area contributed by atoms with Crippen molar-refractivity contribution in [2.75, 3.05) is 45.1 Å². The first kappa shape index (κ1) is 21.3. The second kappa shape index (κ2) is 10.4. The van der Waals surface area contributed by atoms with Gasteiger partial charge >= 0.3 is 6.03 Å². The number of ether oxygens (including phenoxy) is 1. The fourth-order valence-corrected chi connectivity index (χ4v) is 4.41. The maximum atomic E-state index is 12.7. The number of urea groups is 1. The van der Waals surface area contributed by atoms with Crippen LogP contribution in [-0.2, 0) is 0 Å². The predicted molar refractivity (Wildman–Crippen MR) is 124 cm³/mol. The molecule has 7 nitrogen and oxygen atoms in total. The van der Waals surface area contributed by atoms with Crippen LogP contribution in [0.15, 0.2) is 66.2 Å². The van der Waals surface area contributed by atoms with Crippen LogP contribution in [-0.4, -0.2) is 60.6 Å². The molecule has 0 bridgehead atoms. The third-order valence-electron chi connectivity index (χ3n) is 5.28. The van der Waals surface area contributed by atoms with Gasteiger partial charge in [-0.05, 0) is 42.8 Å². The summed E-state index contributed by atoms with van der Waals surface area (Å²) in [6.45, 7) is 4.57. The van der Waals surface area contributed by atoms with Crippen LogP contribution in [0.2, 0.25) is 0 Å². The van der Waals surface area contributed by atoms with Crippen LogP contribution in [0, 0.1) is 0 Å². The van der Waals surface area contributed by atoms with Crippen LogP contribution in [0.4, 0.5) is 10.5 Å². The molecule has 1 aliphatic rings. The van der Waals surface area contributed by atoms with Gasteiger partial charge < -0.3 is 20.3 Å². The maximum Gasteiger partial charge on any atom is 0.319 e. The number of piperazine rings is 1. The molecule has 1 aromatic carbocycles. The Morgan fingerprint density at radius 1 is 1.10 bits per heavy atom. The molecule has 0 aliphatic carbocycles. The Morgan fingerprint density at radius 3 is 2.65 bits per heavy atom. The predicted octanol–water partition coefficient (Wildman–Crippen LogP) is 4.05. The number of nitrogens with one attached hydrogen (secondary N) is 2. The molecule has 2 aromatic heterocycles. The minimum Gasteiger partial charge on any atom is -0.437 e. The Labute approximate surface area is 186 Å². The summed E-state index contributed by atoms with van der Waals surface area (Å²) < 4.78 is 5.84. The summed E-state index contributed by atoms with van der Waals surface area (Å²) in [5.41, 5.74) is 0.524. The molecule has 1 atom stereocenters. The lowest BCUT2D eigenvalue weighted by molar-refractivity contribution is 0.113. The molecule has 3 heterocycles. The molecule has 0 unspecified atom stereocenters. The molecule has 31 heavy (non-hydrogen) atoms. The number of pyridine rings is 1. The molecule has 1 fully saturated rings. The van der Waals surface area contributed by atoms with Crippen molar-refractivity contribution in [3.8, 4) is 11.6 Å². The number of amides is 2. The van der Waals surface area contributed by atoms with Gasteiger partial charge in [0.05, 0.1) is 6.04 Å².